The average molecular weight is 211 g/mol. The maximum Gasteiger partial charge on any atom is 0.0363 e. The average Bonchev–Trinajstić information content (AvgIpc) is 2.38. The summed E-state index contributed by atoms with van der Waals surface area (Å²) in [4.78, 5) is 2.25. The number of hydrogen-bond donors (Lipinski definition) is 0. The number of rotatable bonds is 3. The van der Waals surface area contributed by atoms with Gasteiger partial charge in [0.25, 0.3) is 0 Å². The first-order valence-corrected chi connectivity index (χ1v) is 5.80. The van der Waals surface area contributed by atoms with Crippen LogP contribution in [0.1, 0.15) is 19.3 Å². The van der Waals surface area contributed by atoms with E-state index in [1.54, 1.807) is 0 Å². The van der Waals surface area contributed by atoms with Crippen LogP contribution in [0.5, 0.6) is 0 Å². The van der Waals surface area contributed by atoms with Gasteiger partial charge in [0.1, 0.15) is 0 Å². The Labute approximate surface area is 97.8 Å². The Morgan fingerprint density at radius 1 is 1.31 bits per heavy atom. The van der Waals surface area contributed by atoms with Crippen LogP contribution in [0, 0.1) is 12.3 Å². The van der Waals surface area contributed by atoms with Gasteiger partial charge >= 0.3 is 0 Å². The molecule has 0 saturated carbocycles. The van der Waals surface area contributed by atoms with Crippen LogP contribution in [-0.4, -0.2) is 18.0 Å². The number of allylic oxidation sites excluding steroid dienone is 6. The highest BCUT2D eigenvalue weighted by atomic mass is 15.1. The summed E-state index contributed by atoms with van der Waals surface area (Å²) in [5.74, 6) is 2.67. The molecule has 82 valence electrons. The Morgan fingerprint density at radius 2 is 2.25 bits per heavy atom. The molecule has 16 heavy (non-hydrogen) atoms. The number of terminal acetylenes is 1. The van der Waals surface area contributed by atoms with E-state index >= 15 is 0 Å². The minimum Gasteiger partial charge on any atom is -0.373 e. The molecule has 2 aliphatic rings. The molecule has 1 heteroatoms. The summed E-state index contributed by atoms with van der Waals surface area (Å²) >= 11 is 0. The second-order valence-electron chi connectivity index (χ2n) is 4.06. The van der Waals surface area contributed by atoms with Gasteiger partial charge in [-0.2, -0.15) is 0 Å². The predicted octanol–water partition coefficient (Wildman–Crippen LogP) is 3.04. The standard InChI is InChI=1S/C15H17N/c1-2-3-11-16-12-9-15(10-13-16)14-7-5-4-6-8-14/h1,4-5,8-10,12H,3,6-7,11,13H2. The molecule has 0 radical (unpaired) electrons. The minimum atomic E-state index is 0.818. The molecule has 0 atom stereocenters. The van der Waals surface area contributed by atoms with Crippen molar-refractivity contribution in [1.29, 1.82) is 0 Å². The van der Waals surface area contributed by atoms with Crippen LogP contribution < -0.4 is 0 Å². The quantitative estimate of drug-likeness (QED) is 0.512. The highest BCUT2D eigenvalue weighted by Gasteiger charge is 2.08. The van der Waals surface area contributed by atoms with Gasteiger partial charge in [-0.1, -0.05) is 24.3 Å². The Hall–Kier alpha value is -1.68. The molecule has 1 nitrogen and oxygen atoms in total. The van der Waals surface area contributed by atoms with Gasteiger partial charge in [0, 0.05) is 19.5 Å². The van der Waals surface area contributed by atoms with Gasteiger partial charge < -0.3 is 4.90 Å². The fourth-order valence-electron chi connectivity index (χ4n) is 1.98. The highest BCUT2D eigenvalue weighted by Crippen LogP contribution is 2.22. The molecule has 0 bridgehead atoms. The van der Waals surface area contributed by atoms with Crippen molar-refractivity contribution in [2.75, 3.05) is 13.1 Å². The largest absolute Gasteiger partial charge is 0.373 e. The van der Waals surface area contributed by atoms with Crippen molar-refractivity contribution in [3.05, 3.63) is 47.7 Å². The zero-order chi connectivity index (χ0) is 11.2. The first-order chi connectivity index (χ1) is 7.90. The molecule has 0 saturated heterocycles. The van der Waals surface area contributed by atoms with Gasteiger partial charge in [0.05, 0.1) is 0 Å². The maximum atomic E-state index is 5.26. The summed E-state index contributed by atoms with van der Waals surface area (Å²) < 4.78 is 0. The summed E-state index contributed by atoms with van der Waals surface area (Å²) in [5.41, 5.74) is 2.83. The Bertz CT molecular complexity index is 402. The van der Waals surface area contributed by atoms with Crippen LogP contribution in [0.2, 0.25) is 0 Å². The van der Waals surface area contributed by atoms with E-state index in [4.69, 9.17) is 6.42 Å². The Morgan fingerprint density at radius 3 is 2.88 bits per heavy atom. The zero-order valence-electron chi connectivity index (χ0n) is 9.52. The fourth-order valence-corrected chi connectivity index (χ4v) is 1.98. The third kappa shape index (κ3) is 2.67. The highest BCUT2D eigenvalue weighted by molar-refractivity contribution is 5.43. The SMILES string of the molecule is C#CCCN1C=CC(C2=CCC=CC2)=CC1. The van der Waals surface area contributed by atoms with Crippen molar-refractivity contribution >= 4 is 0 Å². The monoisotopic (exact) mass is 211 g/mol. The number of hydrogen-bond acceptors (Lipinski definition) is 1. The molecule has 1 aliphatic heterocycles. The van der Waals surface area contributed by atoms with E-state index in [1.807, 2.05) is 0 Å². The predicted molar refractivity (Wildman–Crippen MR) is 68.7 cm³/mol. The fraction of sp³-hybridized carbons (Fsp3) is 0.333. The third-order valence-electron chi connectivity index (χ3n) is 2.93. The van der Waals surface area contributed by atoms with Crippen LogP contribution in [0.3, 0.4) is 0 Å². The topological polar surface area (TPSA) is 3.24 Å². The lowest BCUT2D eigenvalue weighted by Gasteiger charge is -2.23. The van der Waals surface area contributed by atoms with Crippen molar-refractivity contribution in [3.8, 4) is 12.3 Å². The van der Waals surface area contributed by atoms with Crippen LogP contribution in [-0.2, 0) is 0 Å². The van der Waals surface area contributed by atoms with Gasteiger partial charge in [-0.3, -0.25) is 0 Å². The lowest BCUT2D eigenvalue weighted by atomic mass is 9.96. The molecule has 0 aromatic rings. The summed E-state index contributed by atoms with van der Waals surface area (Å²) in [6, 6.07) is 0. The van der Waals surface area contributed by atoms with Crippen LogP contribution in [0.15, 0.2) is 47.7 Å². The van der Waals surface area contributed by atoms with Gasteiger partial charge in [-0.05, 0) is 36.3 Å². The summed E-state index contributed by atoms with van der Waals surface area (Å²) in [6.45, 7) is 1.93. The molecular formula is C15H17N. The zero-order valence-corrected chi connectivity index (χ0v) is 9.52. The van der Waals surface area contributed by atoms with Crippen molar-refractivity contribution in [3.63, 3.8) is 0 Å². The molecule has 0 amide bonds. The van der Waals surface area contributed by atoms with Crippen molar-refractivity contribution in [1.82, 2.24) is 4.90 Å². The smallest absolute Gasteiger partial charge is 0.0363 e. The van der Waals surface area contributed by atoms with E-state index < -0.39 is 0 Å². The van der Waals surface area contributed by atoms with E-state index in [1.165, 1.54) is 11.1 Å². The second kappa shape index (κ2) is 5.42. The van der Waals surface area contributed by atoms with Gasteiger partial charge in [-0.15, -0.1) is 12.3 Å². The van der Waals surface area contributed by atoms with E-state index in [0.29, 0.717) is 0 Å². The molecule has 0 spiro atoms. The van der Waals surface area contributed by atoms with Gasteiger partial charge in [0.2, 0.25) is 0 Å². The third-order valence-corrected chi connectivity index (χ3v) is 2.93. The molecule has 0 aromatic heterocycles. The van der Waals surface area contributed by atoms with Crippen LogP contribution >= 0.6 is 0 Å². The lowest BCUT2D eigenvalue weighted by Crippen LogP contribution is -2.21. The number of nitrogens with zero attached hydrogens (tertiary/aromatic N) is 1. The van der Waals surface area contributed by atoms with Crippen molar-refractivity contribution in [2.24, 2.45) is 0 Å². The Kier molecular flexibility index (Phi) is 3.66. The molecule has 0 aromatic carbocycles. The maximum absolute atomic E-state index is 5.26. The molecule has 0 N–H and O–H groups in total. The van der Waals surface area contributed by atoms with Crippen molar-refractivity contribution in [2.45, 2.75) is 19.3 Å². The molecule has 0 unspecified atom stereocenters. The molecule has 0 fully saturated rings. The molecule has 1 aliphatic carbocycles. The lowest BCUT2D eigenvalue weighted by molar-refractivity contribution is 0.420. The summed E-state index contributed by atoms with van der Waals surface area (Å²) in [5, 5.41) is 0. The molecule has 2 rings (SSSR count). The van der Waals surface area contributed by atoms with E-state index in [9.17, 15) is 0 Å². The van der Waals surface area contributed by atoms with Crippen molar-refractivity contribution < 1.29 is 0 Å². The second-order valence-corrected chi connectivity index (χ2v) is 4.06. The molecule has 1 heterocycles. The van der Waals surface area contributed by atoms with Gasteiger partial charge in [-0.25, -0.2) is 0 Å². The molecular weight excluding hydrogens is 194 g/mol. The first kappa shape index (κ1) is 10.8. The summed E-state index contributed by atoms with van der Waals surface area (Å²) in [7, 11) is 0. The van der Waals surface area contributed by atoms with E-state index in [0.717, 1.165) is 32.4 Å². The Balaban J connectivity index is 1.92. The van der Waals surface area contributed by atoms with Crippen LogP contribution in [0.25, 0.3) is 0 Å². The summed E-state index contributed by atoms with van der Waals surface area (Å²) in [6.07, 6.45) is 21.6. The van der Waals surface area contributed by atoms with Crippen LogP contribution in [0.4, 0.5) is 0 Å². The minimum absolute atomic E-state index is 0.818. The first-order valence-electron chi connectivity index (χ1n) is 5.80. The van der Waals surface area contributed by atoms with E-state index in [2.05, 4.69) is 47.4 Å². The van der Waals surface area contributed by atoms with E-state index in [-0.39, 0.29) is 0 Å². The normalized spacial score (nSPS) is 19.1. The van der Waals surface area contributed by atoms with Gasteiger partial charge in [0.15, 0.2) is 0 Å².